The van der Waals surface area contributed by atoms with Crippen molar-refractivity contribution in [3.8, 4) is 0 Å². The number of rotatable bonds is 8. The lowest BCUT2D eigenvalue weighted by Gasteiger charge is -2.31. The molecule has 10 heteroatoms. The highest BCUT2D eigenvalue weighted by atomic mass is 32.1. The van der Waals surface area contributed by atoms with E-state index < -0.39 is 23.7 Å². The summed E-state index contributed by atoms with van der Waals surface area (Å²) < 4.78 is 17.9. The molecular weight excluding hydrogens is 421 g/mol. The average Bonchev–Trinajstić information content (AvgIpc) is 3.37. The molecular formula is C21H26FN5O3S. The summed E-state index contributed by atoms with van der Waals surface area (Å²) in [5, 5.41) is 3.03. The molecule has 0 aliphatic heterocycles. The number of halogens is 1. The van der Waals surface area contributed by atoms with E-state index in [1.165, 1.54) is 23.1 Å². The summed E-state index contributed by atoms with van der Waals surface area (Å²) in [6, 6.07) is 4.65. The lowest BCUT2D eigenvalue weighted by atomic mass is 10.1. The zero-order chi connectivity index (χ0) is 22.5. The SMILES string of the molecule is CCC[C@H](C(=O)NC1CCCC1)N(C(=O)c1snc(C(N)=O)c1N)c1cccc(F)c1. The Balaban J connectivity index is 2.02. The third-order valence-electron chi connectivity index (χ3n) is 5.34. The van der Waals surface area contributed by atoms with Crippen LogP contribution in [0.15, 0.2) is 24.3 Å². The van der Waals surface area contributed by atoms with Gasteiger partial charge >= 0.3 is 0 Å². The smallest absolute Gasteiger partial charge is 0.272 e. The zero-order valence-electron chi connectivity index (χ0n) is 17.3. The predicted molar refractivity (Wildman–Crippen MR) is 117 cm³/mol. The number of nitrogens with two attached hydrogens (primary N) is 2. The van der Waals surface area contributed by atoms with Crippen molar-refractivity contribution >= 4 is 40.6 Å². The molecule has 0 spiro atoms. The number of carbonyl (C=O) groups is 3. The number of benzene rings is 1. The maximum absolute atomic E-state index is 14.0. The van der Waals surface area contributed by atoms with E-state index in [9.17, 15) is 18.8 Å². The maximum Gasteiger partial charge on any atom is 0.272 e. The van der Waals surface area contributed by atoms with Gasteiger partial charge in [-0.25, -0.2) is 4.39 Å². The summed E-state index contributed by atoms with van der Waals surface area (Å²) in [7, 11) is 0. The van der Waals surface area contributed by atoms with Gasteiger partial charge in [0.05, 0.1) is 5.69 Å². The standard InChI is InChI=1S/C21H26FN5O3S/c1-2-6-15(20(29)25-13-8-3-4-9-13)27(14-10-5-7-12(22)11-14)21(30)18-16(23)17(19(24)28)26-31-18/h5,7,10-11,13,15H,2-4,6,8-9,23H2,1H3,(H2,24,28)(H,25,29)/t15-/m1/s1. The van der Waals surface area contributed by atoms with Gasteiger partial charge in [0.15, 0.2) is 5.69 Å². The molecule has 8 nitrogen and oxygen atoms in total. The van der Waals surface area contributed by atoms with E-state index in [-0.39, 0.29) is 33.9 Å². The van der Waals surface area contributed by atoms with Crippen molar-refractivity contribution in [2.24, 2.45) is 5.73 Å². The Morgan fingerprint density at radius 1 is 1.32 bits per heavy atom. The van der Waals surface area contributed by atoms with E-state index in [0.717, 1.165) is 37.2 Å². The van der Waals surface area contributed by atoms with E-state index in [1.807, 2.05) is 6.92 Å². The molecule has 1 saturated carbocycles. The van der Waals surface area contributed by atoms with Crippen LogP contribution in [0.3, 0.4) is 0 Å². The number of amides is 3. The molecule has 166 valence electrons. The third-order valence-corrected chi connectivity index (χ3v) is 6.19. The van der Waals surface area contributed by atoms with Crippen molar-refractivity contribution in [3.05, 3.63) is 40.7 Å². The second kappa shape index (κ2) is 9.86. The molecule has 1 aliphatic rings. The molecule has 2 aromatic rings. The van der Waals surface area contributed by atoms with E-state index in [0.29, 0.717) is 12.8 Å². The molecule has 1 aromatic heterocycles. The summed E-state index contributed by atoms with van der Waals surface area (Å²) in [5.41, 5.74) is 11.1. The number of hydrogen-bond donors (Lipinski definition) is 3. The number of hydrogen-bond acceptors (Lipinski definition) is 6. The fourth-order valence-electron chi connectivity index (χ4n) is 3.82. The van der Waals surface area contributed by atoms with Gasteiger partial charge in [-0.05, 0) is 49.0 Å². The van der Waals surface area contributed by atoms with Gasteiger partial charge in [0.2, 0.25) is 5.91 Å². The minimum atomic E-state index is -0.876. The molecule has 5 N–H and O–H groups in total. The average molecular weight is 448 g/mol. The molecule has 0 unspecified atom stereocenters. The highest BCUT2D eigenvalue weighted by Crippen LogP contribution is 2.29. The molecule has 31 heavy (non-hydrogen) atoms. The Kier molecular flexibility index (Phi) is 7.21. The van der Waals surface area contributed by atoms with Crippen LogP contribution in [0.1, 0.15) is 65.6 Å². The number of nitrogen functional groups attached to an aromatic ring is 1. The third kappa shape index (κ3) is 5.01. The lowest BCUT2D eigenvalue weighted by molar-refractivity contribution is -0.123. The van der Waals surface area contributed by atoms with Crippen LogP contribution in [-0.4, -0.2) is 34.2 Å². The second-order valence-electron chi connectivity index (χ2n) is 7.59. The van der Waals surface area contributed by atoms with Crippen LogP contribution >= 0.6 is 11.5 Å². The van der Waals surface area contributed by atoms with Crippen LogP contribution in [0.4, 0.5) is 15.8 Å². The number of carbonyl (C=O) groups excluding carboxylic acids is 3. The van der Waals surface area contributed by atoms with Crippen molar-refractivity contribution in [1.82, 2.24) is 9.69 Å². The number of nitrogens with zero attached hydrogens (tertiary/aromatic N) is 2. The Bertz CT molecular complexity index is 974. The van der Waals surface area contributed by atoms with Crippen LogP contribution in [0.2, 0.25) is 0 Å². The predicted octanol–water partition coefficient (Wildman–Crippen LogP) is 2.84. The minimum absolute atomic E-state index is 0.0205. The molecule has 1 atom stereocenters. The second-order valence-corrected chi connectivity index (χ2v) is 8.36. The van der Waals surface area contributed by atoms with Gasteiger partial charge in [-0.1, -0.05) is 32.3 Å². The highest BCUT2D eigenvalue weighted by molar-refractivity contribution is 7.09. The van der Waals surface area contributed by atoms with Crippen molar-refractivity contribution in [2.75, 3.05) is 10.6 Å². The van der Waals surface area contributed by atoms with Gasteiger partial charge in [0.1, 0.15) is 16.7 Å². The van der Waals surface area contributed by atoms with E-state index in [1.54, 1.807) is 6.07 Å². The molecule has 1 aromatic carbocycles. The van der Waals surface area contributed by atoms with Crippen LogP contribution in [0, 0.1) is 5.82 Å². The highest BCUT2D eigenvalue weighted by Gasteiger charge is 2.35. The van der Waals surface area contributed by atoms with Gasteiger partial charge in [-0.3, -0.25) is 19.3 Å². The van der Waals surface area contributed by atoms with Crippen LogP contribution in [0.25, 0.3) is 0 Å². The van der Waals surface area contributed by atoms with Crippen molar-refractivity contribution in [3.63, 3.8) is 0 Å². The summed E-state index contributed by atoms with van der Waals surface area (Å²) in [4.78, 5) is 39.5. The first-order chi connectivity index (χ1) is 14.8. The Labute approximate surface area is 184 Å². The van der Waals surface area contributed by atoms with Gasteiger partial charge < -0.3 is 16.8 Å². The quantitative estimate of drug-likeness (QED) is 0.573. The monoisotopic (exact) mass is 447 g/mol. The number of nitrogens with one attached hydrogen (secondary N) is 1. The molecule has 0 radical (unpaired) electrons. The molecule has 0 bridgehead atoms. The molecule has 1 aliphatic carbocycles. The normalized spacial score (nSPS) is 14.9. The molecule has 1 fully saturated rings. The zero-order valence-corrected chi connectivity index (χ0v) is 18.1. The summed E-state index contributed by atoms with van der Waals surface area (Å²) in [6.45, 7) is 1.90. The number of anilines is 2. The summed E-state index contributed by atoms with van der Waals surface area (Å²) in [6.07, 6.45) is 4.85. The topological polar surface area (TPSA) is 131 Å². The first-order valence-electron chi connectivity index (χ1n) is 10.3. The Hall–Kier alpha value is -3.01. The maximum atomic E-state index is 14.0. The van der Waals surface area contributed by atoms with E-state index in [4.69, 9.17) is 11.5 Å². The van der Waals surface area contributed by atoms with Crippen LogP contribution < -0.4 is 21.7 Å². The van der Waals surface area contributed by atoms with E-state index in [2.05, 4.69) is 9.69 Å². The largest absolute Gasteiger partial charge is 0.395 e. The minimum Gasteiger partial charge on any atom is -0.395 e. The summed E-state index contributed by atoms with van der Waals surface area (Å²) >= 11 is 0.727. The fraction of sp³-hybridized carbons (Fsp3) is 0.429. The van der Waals surface area contributed by atoms with Crippen LogP contribution in [0.5, 0.6) is 0 Å². The first kappa shape index (κ1) is 22.7. The number of primary amides is 1. The lowest BCUT2D eigenvalue weighted by Crippen LogP contribution is -2.51. The van der Waals surface area contributed by atoms with Gasteiger partial charge in [0, 0.05) is 11.7 Å². The van der Waals surface area contributed by atoms with Gasteiger partial charge in [0.25, 0.3) is 11.8 Å². The van der Waals surface area contributed by atoms with E-state index >= 15 is 0 Å². The molecule has 3 amide bonds. The Morgan fingerprint density at radius 3 is 2.61 bits per heavy atom. The Morgan fingerprint density at radius 2 is 2.03 bits per heavy atom. The molecule has 3 rings (SSSR count). The molecule has 1 heterocycles. The van der Waals surface area contributed by atoms with Crippen molar-refractivity contribution in [2.45, 2.75) is 57.5 Å². The van der Waals surface area contributed by atoms with Crippen molar-refractivity contribution in [1.29, 1.82) is 0 Å². The summed E-state index contributed by atoms with van der Waals surface area (Å²) in [5.74, 6) is -2.33. The van der Waals surface area contributed by atoms with Gasteiger partial charge in [-0.15, -0.1) is 0 Å². The van der Waals surface area contributed by atoms with Crippen molar-refractivity contribution < 1.29 is 18.8 Å². The fourth-order valence-corrected chi connectivity index (χ4v) is 4.56. The number of aromatic nitrogens is 1. The van der Waals surface area contributed by atoms with Gasteiger partial charge in [-0.2, -0.15) is 4.37 Å². The first-order valence-corrected chi connectivity index (χ1v) is 11.0. The molecule has 0 saturated heterocycles. The van der Waals surface area contributed by atoms with Crippen LogP contribution in [-0.2, 0) is 4.79 Å².